The topological polar surface area (TPSA) is 78.5 Å². The number of H-pyrrole nitrogens is 1. The van der Waals surface area contributed by atoms with Crippen LogP contribution in [0.4, 0.5) is 11.8 Å². The van der Waals surface area contributed by atoms with Crippen molar-refractivity contribution in [2.45, 2.75) is 51.5 Å². The Morgan fingerprint density at radius 2 is 2.10 bits per heavy atom. The highest BCUT2D eigenvalue weighted by atomic mass is 15.2. The van der Waals surface area contributed by atoms with Crippen LogP contribution >= 0.6 is 0 Å². The Labute approximate surface area is 118 Å². The van der Waals surface area contributed by atoms with Gasteiger partial charge in [-0.15, -0.1) is 0 Å². The minimum atomic E-state index is 0.139. The lowest BCUT2D eigenvalue weighted by Gasteiger charge is -2.26. The van der Waals surface area contributed by atoms with Gasteiger partial charge < -0.3 is 10.6 Å². The van der Waals surface area contributed by atoms with Crippen molar-refractivity contribution in [1.82, 2.24) is 20.2 Å². The van der Waals surface area contributed by atoms with E-state index in [4.69, 9.17) is 0 Å². The van der Waals surface area contributed by atoms with E-state index in [0.29, 0.717) is 5.95 Å². The summed E-state index contributed by atoms with van der Waals surface area (Å²) in [6.07, 6.45) is 7.78. The van der Waals surface area contributed by atoms with Gasteiger partial charge in [-0.05, 0) is 26.2 Å². The van der Waals surface area contributed by atoms with Crippen molar-refractivity contribution in [2.24, 2.45) is 0 Å². The predicted molar refractivity (Wildman–Crippen MR) is 81.0 cm³/mol. The fraction of sp³-hybridized carbons (Fsp3) is 0.643. The average Bonchev–Trinajstić information content (AvgIpc) is 3.05. The highest BCUT2D eigenvalue weighted by molar-refractivity contribution is 5.87. The molecule has 1 saturated carbocycles. The molecule has 2 aromatic rings. The van der Waals surface area contributed by atoms with Crippen LogP contribution in [0.5, 0.6) is 0 Å². The van der Waals surface area contributed by atoms with Gasteiger partial charge in [0, 0.05) is 12.1 Å². The summed E-state index contributed by atoms with van der Waals surface area (Å²) in [4.78, 5) is 9.08. The normalized spacial score (nSPS) is 17.5. The van der Waals surface area contributed by atoms with E-state index < -0.39 is 0 Å². The number of nitrogens with one attached hydrogen (secondary N) is 3. The van der Waals surface area contributed by atoms with Crippen molar-refractivity contribution in [3.8, 4) is 0 Å². The third-order valence-corrected chi connectivity index (χ3v) is 3.97. The summed E-state index contributed by atoms with van der Waals surface area (Å²) in [6, 6.07) is 0. The summed E-state index contributed by atoms with van der Waals surface area (Å²) >= 11 is 0. The van der Waals surface area contributed by atoms with Crippen LogP contribution in [0.25, 0.3) is 11.0 Å². The highest BCUT2D eigenvalue weighted by Crippen LogP contribution is 2.33. The van der Waals surface area contributed by atoms with E-state index in [0.717, 1.165) is 29.8 Å². The first kappa shape index (κ1) is 13.1. The Kier molecular flexibility index (Phi) is 3.46. The Balaban J connectivity index is 1.92. The second kappa shape index (κ2) is 5.26. The average molecular weight is 274 g/mol. The van der Waals surface area contributed by atoms with Crippen molar-refractivity contribution in [3.05, 3.63) is 6.20 Å². The molecule has 1 aliphatic rings. The number of fused-ring (bicyclic) bond motifs is 1. The van der Waals surface area contributed by atoms with Gasteiger partial charge in [0.15, 0.2) is 5.65 Å². The smallest absolute Gasteiger partial charge is 0.226 e. The molecule has 0 saturated heterocycles. The van der Waals surface area contributed by atoms with E-state index in [2.05, 4.69) is 44.6 Å². The number of rotatable bonds is 5. The van der Waals surface area contributed by atoms with Crippen LogP contribution in [0, 0.1) is 0 Å². The molecule has 108 valence electrons. The van der Waals surface area contributed by atoms with Gasteiger partial charge in [0.1, 0.15) is 5.82 Å². The number of hydrogen-bond acceptors (Lipinski definition) is 5. The Bertz CT molecular complexity index is 584. The number of aromatic nitrogens is 4. The quantitative estimate of drug-likeness (QED) is 0.781. The molecular formula is C14H22N6. The van der Waals surface area contributed by atoms with Crippen molar-refractivity contribution >= 4 is 22.8 Å². The molecule has 0 aliphatic heterocycles. The second-order valence-corrected chi connectivity index (χ2v) is 5.85. The van der Waals surface area contributed by atoms with Crippen LogP contribution in [0.15, 0.2) is 6.20 Å². The van der Waals surface area contributed by atoms with Crippen molar-refractivity contribution in [2.75, 3.05) is 17.2 Å². The summed E-state index contributed by atoms with van der Waals surface area (Å²) < 4.78 is 0. The third kappa shape index (κ3) is 2.55. The molecule has 20 heavy (non-hydrogen) atoms. The summed E-state index contributed by atoms with van der Waals surface area (Å²) in [5.74, 6) is 1.54. The van der Waals surface area contributed by atoms with Crippen LogP contribution < -0.4 is 10.6 Å². The van der Waals surface area contributed by atoms with Crippen LogP contribution in [0.2, 0.25) is 0 Å². The number of nitrogens with zero attached hydrogens (tertiary/aromatic N) is 3. The maximum absolute atomic E-state index is 4.63. The molecular weight excluding hydrogens is 252 g/mol. The van der Waals surface area contributed by atoms with Crippen LogP contribution in [0.3, 0.4) is 0 Å². The Hall–Kier alpha value is -1.85. The maximum atomic E-state index is 4.63. The van der Waals surface area contributed by atoms with Crippen LogP contribution in [0.1, 0.15) is 46.0 Å². The first-order valence-electron chi connectivity index (χ1n) is 7.43. The number of anilines is 2. The zero-order chi connectivity index (χ0) is 14.0. The van der Waals surface area contributed by atoms with Gasteiger partial charge in [-0.25, -0.2) is 0 Å². The second-order valence-electron chi connectivity index (χ2n) is 5.85. The molecule has 0 spiro atoms. The molecule has 0 amide bonds. The minimum absolute atomic E-state index is 0.139. The lowest BCUT2D eigenvalue weighted by atomic mass is 10.0. The first-order chi connectivity index (χ1) is 9.70. The molecule has 6 heteroatoms. The van der Waals surface area contributed by atoms with Crippen LogP contribution in [-0.2, 0) is 0 Å². The van der Waals surface area contributed by atoms with Gasteiger partial charge in [0.2, 0.25) is 5.95 Å². The van der Waals surface area contributed by atoms with E-state index in [1.54, 1.807) is 6.20 Å². The molecule has 0 aromatic carbocycles. The van der Waals surface area contributed by atoms with E-state index in [9.17, 15) is 0 Å². The van der Waals surface area contributed by atoms with Gasteiger partial charge in [0.25, 0.3) is 0 Å². The van der Waals surface area contributed by atoms with Gasteiger partial charge in [-0.1, -0.05) is 19.8 Å². The van der Waals surface area contributed by atoms with E-state index in [1.807, 2.05) is 0 Å². The molecule has 0 unspecified atom stereocenters. The molecule has 1 fully saturated rings. The van der Waals surface area contributed by atoms with Crippen molar-refractivity contribution in [1.29, 1.82) is 0 Å². The SMILES string of the molecule is CCCNc1nc(NC2(C)CCCC2)c2cn[nH]c2n1. The Morgan fingerprint density at radius 3 is 2.85 bits per heavy atom. The van der Waals surface area contributed by atoms with Crippen LogP contribution in [-0.4, -0.2) is 32.2 Å². The largest absolute Gasteiger partial charge is 0.364 e. The Morgan fingerprint density at radius 1 is 1.30 bits per heavy atom. The fourth-order valence-corrected chi connectivity index (χ4v) is 2.81. The molecule has 6 nitrogen and oxygen atoms in total. The van der Waals surface area contributed by atoms with Gasteiger partial charge in [-0.2, -0.15) is 15.1 Å². The predicted octanol–water partition coefficient (Wildman–Crippen LogP) is 2.92. The minimum Gasteiger partial charge on any atom is -0.364 e. The number of aromatic amines is 1. The standard InChI is InChI=1S/C14H22N6/c1-3-8-15-13-17-11(10-9-16-20-12(10)18-13)19-14(2)6-4-5-7-14/h9H,3-8H2,1-2H3,(H3,15,16,17,18,19,20). The fourth-order valence-electron chi connectivity index (χ4n) is 2.81. The monoisotopic (exact) mass is 274 g/mol. The summed E-state index contributed by atoms with van der Waals surface area (Å²) in [5.41, 5.74) is 0.920. The van der Waals surface area contributed by atoms with Gasteiger partial charge >= 0.3 is 0 Å². The summed E-state index contributed by atoms with van der Waals surface area (Å²) in [6.45, 7) is 5.27. The molecule has 0 atom stereocenters. The molecule has 2 heterocycles. The van der Waals surface area contributed by atoms with Gasteiger partial charge in [-0.3, -0.25) is 5.10 Å². The molecule has 0 radical (unpaired) electrons. The molecule has 0 bridgehead atoms. The lowest BCUT2D eigenvalue weighted by Crippen LogP contribution is -2.31. The zero-order valence-corrected chi connectivity index (χ0v) is 12.2. The summed E-state index contributed by atoms with van der Waals surface area (Å²) in [7, 11) is 0. The van der Waals surface area contributed by atoms with E-state index in [-0.39, 0.29) is 5.54 Å². The first-order valence-corrected chi connectivity index (χ1v) is 7.43. The maximum Gasteiger partial charge on any atom is 0.226 e. The lowest BCUT2D eigenvalue weighted by molar-refractivity contribution is 0.532. The highest BCUT2D eigenvalue weighted by Gasteiger charge is 2.29. The third-order valence-electron chi connectivity index (χ3n) is 3.97. The molecule has 1 aliphatic carbocycles. The van der Waals surface area contributed by atoms with Gasteiger partial charge in [0.05, 0.1) is 11.6 Å². The van der Waals surface area contributed by atoms with E-state index >= 15 is 0 Å². The van der Waals surface area contributed by atoms with E-state index in [1.165, 1.54) is 25.7 Å². The number of hydrogen-bond donors (Lipinski definition) is 3. The van der Waals surface area contributed by atoms with Crippen molar-refractivity contribution in [3.63, 3.8) is 0 Å². The zero-order valence-electron chi connectivity index (χ0n) is 12.2. The van der Waals surface area contributed by atoms with Crippen molar-refractivity contribution < 1.29 is 0 Å². The molecule has 3 rings (SSSR count). The molecule has 2 aromatic heterocycles. The molecule has 3 N–H and O–H groups in total. The summed E-state index contributed by atoms with van der Waals surface area (Å²) in [5, 5.41) is 14.8.